The van der Waals surface area contributed by atoms with Crippen LogP contribution < -0.4 is 0 Å². The smallest absolute Gasteiger partial charge is 0.309 e. The van der Waals surface area contributed by atoms with Gasteiger partial charge in [0, 0.05) is 25.2 Å². The van der Waals surface area contributed by atoms with Crippen molar-refractivity contribution in [3.63, 3.8) is 0 Å². The summed E-state index contributed by atoms with van der Waals surface area (Å²) in [5.74, 6) is -0.709. The van der Waals surface area contributed by atoms with Gasteiger partial charge >= 0.3 is 11.9 Å². The van der Waals surface area contributed by atoms with E-state index in [1.54, 1.807) is 0 Å². The van der Waals surface area contributed by atoms with E-state index in [0.717, 1.165) is 6.42 Å². The molecular formula is C17H22O5. The summed E-state index contributed by atoms with van der Waals surface area (Å²) in [6.45, 7) is 7.53. The van der Waals surface area contributed by atoms with Gasteiger partial charge in [-0.25, -0.2) is 0 Å². The molecule has 7 atom stereocenters. The van der Waals surface area contributed by atoms with E-state index in [2.05, 4.69) is 13.8 Å². The maximum atomic E-state index is 12.2. The lowest BCUT2D eigenvalue weighted by Gasteiger charge is -2.30. The van der Waals surface area contributed by atoms with E-state index in [0.29, 0.717) is 6.42 Å². The van der Waals surface area contributed by atoms with Gasteiger partial charge < -0.3 is 14.2 Å². The second kappa shape index (κ2) is 4.34. The number of ether oxygens (including phenoxy) is 3. The zero-order valence-electron chi connectivity index (χ0n) is 13.4. The molecule has 2 saturated heterocycles. The fourth-order valence-electron chi connectivity index (χ4n) is 4.92. The molecule has 4 aliphatic rings. The molecule has 1 saturated carbocycles. The lowest BCUT2D eigenvalue weighted by molar-refractivity contribution is -0.151. The van der Waals surface area contributed by atoms with Crippen molar-refractivity contribution in [1.29, 1.82) is 0 Å². The van der Waals surface area contributed by atoms with E-state index in [1.807, 2.05) is 6.92 Å². The molecule has 0 amide bonds. The fourth-order valence-corrected chi connectivity index (χ4v) is 4.92. The van der Waals surface area contributed by atoms with Gasteiger partial charge in [-0.05, 0) is 20.3 Å². The fraction of sp³-hybridized carbons (Fsp3) is 0.765. The van der Waals surface area contributed by atoms with E-state index in [1.165, 1.54) is 18.1 Å². The van der Waals surface area contributed by atoms with Crippen LogP contribution in [0.25, 0.3) is 0 Å². The summed E-state index contributed by atoms with van der Waals surface area (Å²) in [5, 5.41) is 0. The largest absolute Gasteiger partial charge is 0.462 e. The average Bonchev–Trinajstić information content (AvgIpc) is 2.88. The number of carbonyl (C=O) groups excluding carboxylic acids is 2. The quantitative estimate of drug-likeness (QED) is 0.421. The van der Waals surface area contributed by atoms with Crippen LogP contribution in [-0.2, 0) is 23.8 Å². The van der Waals surface area contributed by atoms with E-state index in [9.17, 15) is 9.59 Å². The highest BCUT2D eigenvalue weighted by Crippen LogP contribution is 2.62. The van der Waals surface area contributed by atoms with Crippen LogP contribution in [-0.4, -0.2) is 35.9 Å². The lowest BCUT2D eigenvalue weighted by atomic mass is 9.78. The number of hydrogen-bond acceptors (Lipinski definition) is 5. The van der Waals surface area contributed by atoms with Crippen LogP contribution >= 0.6 is 0 Å². The van der Waals surface area contributed by atoms with E-state index in [4.69, 9.17) is 14.2 Å². The molecule has 2 aliphatic heterocycles. The first-order chi connectivity index (χ1) is 10.3. The molecule has 2 aliphatic carbocycles. The van der Waals surface area contributed by atoms with Crippen LogP contribution in [0.3, 0.4) is 0 Å². The number of rotatable bonds is 1. The second-order valence-corrected chi connectivity index (χ2v) is 7.40. The maximum absolute atomic E-state index is 12.2. The van der Waals surface area contributed by atoms with Gasteiger partial charge in [-0.3, -0.25) is 9.59 Å². The Kier molecular flexibility index (Phi) is 2.81. The van der Waals surface area contributed by atoms with Crippen LogP contribution in [0.1, 0.15) is 40.5 Å². The van der Waals surface area contributed by atoms with E-state index < -0.39 is 0 Å². The highest BCUT2D eigenvalue weighted by atomic mass is 16.6. The van der Waals surface area contributed by atoms with E-state index >= 15 is 0 Å². The second-order valence-electron chi connectivity index (χ2n) is 7.40. The molecule has 3 fully saturated rings. The number of epoxide rings is 1. The number of esters is 2. The van der Waals surface area contributed by atoms with E-state index in [-0.39, 0.29) is 53.6 Å². The Bertz CT molecular complexity index is 594. The van der Waals surface area contributed by atoms with Crippen molar-refractivity contribution in [1.82, 2.24) is 0 Å². The number of hydrogen-bond donors (Lipinski definition) is 0. The molecule has 0 aromatic rings. The van der Waals surface area contributed by atoms with Crippen molar-refractivity contribution in [3.05, 3.63) is 11.1 Å². The maximum Gasteiger partial charge on any atom is 0.309 e. The Hall–Kier alpha value is -1.36. The third-order valence-electron chi connectivity index (χ3n) is 6.09. The summed E-state index contributed by atoms with van der Waals surface area (Å²) in [5.41, 5.74) is 2.41. The summed E-state index contributed by atoms with van der Waals surface area (Å²) in [6.07, 6.45) is 1.33. The van der Waals surface area contributed by atoms with Crippen LogP contribution in [0.5, 0.6) is 0 Å². The zero-order valence-corrected chi connectivity index (χ0v) is 13.4. The van der Waals surface area contributed by atoms with Crippen molar-refractivity contribution < 1.29 is 23.8 Å². The normalized spacial score (nSPS) is 49.0. The van der Waals surface area contributed by atoms with Gasteiger partial charge in [0.25, 0.3) is 0 Å². The van der Waals surface area contributed by atoms with Crippen LogP contribution in [0.2, 0.25) is 0 Å². The van der Waals surface area contributed by atoms with Crippen LogP contribution in [0.4, 0.5) is 0 Å². The number of carbonyl (C=O) groups is 2. The Morgan fingerprint density at radius 3 is 2.77 bits per heavy atom. The molecule has 22 heavy (non-hydrogen) atoms. The summed E-state index contributed by atoms with van der Waals surface area (Å²) in [6, 6.07) is 0. The topological polar surface area (TPSA) is 65.1 Å². The first-order valence-electron chi connectivity index (χ1n) is 8.07. The monoisotopic (exact) mass is 306 g/mol. The van der Waals surface area contributed by atoms with Gasteiger partial charge in [0.2, 0.25) is 0 Å². The molecule has 120 valence electrons. The highest BCUT2D eigenvalue weighted by molar-refractivity contribution is 5.75. The van der Waals surface area contributed by atoms with Gasteiger partial charge in [0.05, 0.1) is 12.0 Å². The van der Waals surface area contributed by atoms with Crippen molar-refractivity contribution in [3.8, 4) is 0 Å². The van der Waals surface area contributed by atoms with Gasteiger partial charge in [-0.1, -0.05) is 18.1 Å². The summed E-state index contributed by atoms with van der Waals surface area (Å²) in [7, 11) is 0. The molecule has 2 heterocycles. The average molecular weight is 306 g/mol. The minimum absolute atomic E-state index is 0.0892. The summed E-state index contributed by atoms with van der Waals surface area (Å²) < 4.78 is 17.2. The molecule has 5 nitrogen and oxygen atoms in total. The molecule has 0 bridgehead atoms. The Morgan fingerprint density at radius 2 is 2.09 bits per heavy atom. The van der Waals surface area contributed by atoms with Gasteiger partial charge in [-0.2, -0.15) is 0 Å². The first kappa shape index (κ1) is 14.2. The molecule has 0 aromatic heterocycles. The van der Waals surface area contributed by atoms with Gasteiger partial charge in [-0.15, -0.1) is 0 Å². The zero-order chi connectivity index (χ0) is 15.8. The van der Waals surface area contributed by atoms with Crippen molar-refractivity contribution in [2.24, 2.45) is 17.8 Å². The molecular weight excluding hydrogens is 284 g/mol. The molecule has 7 unspecified atom stereocenters. The Balaban J connectivity index is 1.77. The van der Waals surface area contributed by atoms with Crippen molar-refractivity contribution >= 4 is 11.9 Å². The standard InChI is InChI=1S/C17H22O5/c1-7-5-11(20-9(3)18)13-8(2)16(19)21-15(13)14-10(7)6-12-17(14,4)22-12/h8,11-15H,5-6H2,1-4H3. The SMILES string of the molecule is CC(=O)OC1CC(C)=C2CC3OC3(C)C2C2OC(=O)C(C)C12. The number of fused-ring (bicyclic) bond motifs is 5. The van der Waals surface area contributed by atoms with Crippen LogP contribution in [0, 0.1) is 17.8 Å². The van der Waals surface area contributed by atoms with Crippen molar-refractivity contribution in [2.75, 3.05) is 0 Å². The predicted molar refractivity (Wildman–Crippen MR) is 76.8 cm³/mol. The minimum atomic E-state index is -0.299. The highest BCUT2D eigenvalue weighted by Gasteiger charge is 2.70. The Labute approximate surface area is 130 Å². The van der Waals surface area contributed by atoms with Crippen LogP contribution in [0.15, 0.2) is 11.1 Å². The predicted octanol–water partition coefficient (Wildman–Crippen LogP) is 1.99. The summed E-state index contributed by atoms with van der Waals surface area (Å²) >= 11 is 0. The third kappa shape index (κ3) is 1.75. The van der Waals surface area contributed by atoms with Gasteiger partial charge in [0.1, 0.15) is 17.8 Å². The molecule has 0 radical (unpaired) electrons. The molecule has 0 aromatic carbocycles. The molecule has 0 spiro atoms. The van der Waals surface area contributed by atoms with Crippen molar-refractivity contribution in [2.45, 2.75) is 64.4 Å². The minimum Gasteiger partial charge on any atom is -0.462 e. The third-order valence-corrected chi connectivity index (χ3v) is 6.09. The lowest BCUT2D eigenvalue weighted by Crippen LogP contribution is -2.41. The molecule has 4 rings (SSSR count). The first-order valence-corrected chi connectivity index (χ1v) is 8.07. The summed E-state index contributed by atoms with van der Waals surface area (Å²) in [4.78, 5) is 23.7. The van der Waals surface area contributed by atoms with Gasteiger partial charge in [0.15, 0.2) is 0 Å². The Morgan fingerprint density at radius 1 is 1.36 bits per heavy atom. The molecule has 5 heteroatoms. The molecule has 0 N–H and O–H groups in total.